The summed E-state index contributed by atoms with van der Waals surface area (Å²) < 4.78 is 1.89. The average Bonchev–Trinajstić information content (AvgIpc) is 2.67. The summed E-state index contributed by atoms with van der Waals surface area (Å²) in [5.74, 6) is 0. The molecule has 2 rings (SSSR count). The van der Waals surface area contributed by atoms with E-state index < -0.39 is 0 Å². The van der Waals surface area contributed by atoms with Crippen molar-refractivity contribution in [1.29, 1.82) is 0 Å². The number of benzene rings is 1. The van der Waals surface area contributed by atoms with Crippen LogP contribution in [0.3, 0.4) is 0 Å². The second kappa shape index (κ2) is 5.62. The zero-order valence-electron chi connectivity index (χ0n) is 10.8. The summed E-state index contributed by atoms with van der Waals surface area (Å²) in [4.78, 5) is 0. The van der Waals surface area contributed by atoms with Gasteiger partial charge in [0, 0.05) is 5.56 Å². The van der Waals surface area contributed by atoms with Gasteiger partial charge in [-0.15, -0.1) is 0 Å². The monoisotopic (exact) mass is 273 g/mol. The number of nitrogens with one attached hydrogen (secondary N) is 1. The van der Waals surface area contributed by atoms with Crippen LogP contribution in [0.5, 0.6) is 0 Å². The normalized spacial score (nSPS) is 10.8. The summed E-state index contributed by atoms with van der Waals surface area (Å²) in [6.45, 7) is 3.93. The number of thiocarbonyl (C=S) groups is 1. The maximum Gasteiger partial charge on any atom is 0.184 e. The van der Waals surface area contributed by atoms with Gasteiger partial charge in [-0.1, -0.05) is 18.2 Å². The average molecular weight is 273 g/mol. The molecule has 0 unspecified atom stereocenters. The fraction of sp³-hybridized carbons (Fsp3) is 0.154. The minimum absolute atomic E-state index is 0.141. The molecule has 6 heteroatoms. The van der Waals surface area contributed by atoms with Crippen LogP contribution >= 0.6 is 12.2 Å². The van der Waals surface area contributed by atoms with Gasteiger partial charge in [0.2, 0.25) is 0 Å². The van der Waals surface area contributed by atoms with E-state index >= 15 is 0 Å². The molecule has 3 N–H and O–H groups in total. The topological polar surface area (TPSA) is 68.2 Å². The quantitative estimate of drug-likeness (QED) is 0.507. The molecule has 0 atom stereocenters. The van der Waals surface area contributed by atoms with E-state index in [2.05, 4.69) is 15.6 Å². The second-order valence-electron chi connectivity index (χ2n) is 4.07. The van der Waals surface area contributed by atoms with Crippen molar-refractivity contribution in [3.63, 3.8) is 0 Å². The molecule has 98 valence electrons. The van der Waals surface area contributed by atoms with Crippen molar-refractivity contribution >= 4 is 23.5 Å². The van der Waals surface area contributed by atoms with Gasteiger partial charge in [-0.3, -0.25) is 5.43 Å². The third-order valence-electron chi connectivity index (χ3n) is 2.72. The molecule has 0 amide bonds. The van der Waals surface area contributed by atoms with Crippen molar-refractivity contribution in [3.8, 4) is 5.69 Å². The molecule has 0 aliphatic carbocycles. The largest absolute Gasteiger partial charge is 0.375 e. The Hall–Kier alpha value is -2.21. The predicted molar refractivity (Wildman–Crippen MR) is 80.6 cm³/mol. The smallest absolute Gasteiger partial charge is 0.184 e. The van der Waals surface area contributed by atoms with Crippen molar-refractivity contribution in [2.45, 2.75) is 13.8 Å². The van der Waals surface area contributed by atoms with Gasteiger partial charge in [0.15, 0.2) is 5.11 Å². The summed E-state index contributed by atoms with van der Waals surface area (Å²) >= 11 is 4.69. The molecule has 5 nitrogen and oxygen atoms in total. The Morgan fingerprint density at radius 2 is 2.05 bits per heavy atom. The Labute approximate surface area is 117 Å². The Morgan fingerprint density at radius 3 is 2.68 bits per heavy atom. The van der Waals surface area contributed by atoms with Crippen LogP contribution in [0.2, 0.25) is 0 Å². The summed E-state index contributed by atoms with van der Waals surface area (Å²) in [6.07, 6.45) is 1.68. The van der Waals surface area contributed by atoms with Crippen molar-refractivity contribution < 1.29 is 0 Å². The molecule has 2 aromatic rings. The van der Waals surface area contributed by atoms with Crippen LogP contribution in [0.25, 0.3) is 5.69 Å². The lowest BCUT2D eigenvalue weighted by Crippen LogP contribution is -2.24. The van der Waals surface area contributed by atoms with Crippen LogP contribution in [0.4, 0.5) is 0 Å². The van der Waals surface area contributed by atoms with Gasteiger partial charge in [-0.05, 0) is 38.2 Å². The van der Waals surface area contributed by atoms with E-state index in [1.165, 1.54) is 0 Å². The molecule has 0 spiro atoms. The first-order valence-corrected chi connectivity index (χ1v) is 6.20. The Morgan fingerprint density at radius 1 is 1.37 bits per heavy atom. The molecule has 0 aliphatic heterocycles. The maximum absolute atomic E-state index is 5.31. The number of para-hydroxylation sites is 1. The van der Waals surface area contributed by atoms with E-state index in [-0.39, 0.29) is 5.11 Å². The van der Waals surface area contributed by atoms with Gasteiger partial charge in [0.25, 0.3) is 0 Å². The number of aryl methyl sites for hydroxylation is 1. The zero-order chi connectivity index (χ0) is 13.8. The van der Waals surface area contributed by atoms with Crippen LogP contribution in [0, 0.1) is 13.8 Å². The molecular formula is C13H15N5S. The second-order valence-corrected chi connectivity index (χ2v) is 4.51. The van der Waals surface area contributed by atoms with E-state index in [9.17, 15) is 0 Å². The number of aromatic nitrogens is 2. The first-order chi connectivity index (χ1) is 9.09. The lowest BCUT2D eigenvalue weighted by atomic mass is 10.2. The molecule has 0 bridgehead atoms. The van der Waals surface area contributed by atoms with Crippen molar-refractivity contribution in [2.24, 2.45) is 10.8 Å². The number of nitrogens with two attached hydrogens (primary N) is 1. The lowest BCUT2D eigenvalue weighted by molar-refractivity contribution is 0.833. The highest BCUT2D eigenvalue weighted by atomic mass is 32.1. The maximum atomic E-state index is 5.31. The van der Waals surface area contributed by atoms with E-state index in [0.29, 0.717) is 0 Å². The molecule has 1 heterocycles. The summed E-state index contributed by atoms with van der Waals surface area (Å²) in [5, 5.41) is 8.63. The predicted octanol–water partition coefficient (Wildman–Crippen LogP) is 1.66. The van der Waals surface area contributed by atoms with Crippen LogP contribution in [-0.4, -0.2) is 21.1 Å². The van der Waals surface area contributed by atoms with Gasteiger partial charge in [0.05, 0.1) is 23.3 Å². The molecule has 0 saturated carbocycles. The highest BCUT2D eigenvalue weighted by Crippen LogP contribution is 2.15. The van der Waals surface area contributed by atoms with E-state index in [0.717, 1.165) is 22.6 Å². The number of hydrazone groups is 1. The SMILES string of the molecule is Cc1nn(-c2ccccc2)c(C)c1C=NNC(N)=S. The highest BCUT2D eigenvalue weighted by Gasteiger charge is 2.10. The third-order valence-corrected chi connectivity index (χ3v) is 2.81. The standard InChI is InChI=1S/C13H15N5S/c1-9-12(8-15-16-13(14)19)10(2)18(17-9)11-6-4-3-5-7-11/h3-8H,1-2H3,(H3,14,16,19). The van der Waals surface area contributed by atoms with Gasteiger partial charge >= 0.3 is 0 Å². The molecule has 1 aromatic carbocycles. The van der Waals surface area contributed by atoms with Crippen molar-refractivity contribution in [1.82, 2.24) is 15.2 Å². The summed E-state index contributed by atoms with van der Waals surface area (Å²) in [6, 6.07) is 9.95. The molecule has 0 saturated heterocycles. The molecule has 0 radical (unpaired) electrons. The van der Waals surface area contributed by atoms with E-state index in [4.69, 9.17) is 18.0 Å². The minimum Gasteiger partial charge on any atom is -0.375 e. The lowest BCUT2D eigenvalue weighted by Gasteiger charge is -2.03. The van der Waals surface area contributed by atoms with Gasteiger partial charge in [-0.2, -0.15) is 10.2 Å². The van der Waals surface area contributed by atoms with Crippen LogP contribution in [0.15, 0.2) is 35.4 Å². The fourth-order valence-corrected chi connectivity index (χ4v) is 1.88. The summed E-state index contributed by atoms with van der Waals surface area (Å²) in [5.41, 5.74) is 11.7. The number of hydrogen-bond acceptors (Lipinski definition) is 3. The highest BCUT2D eigenvalue weighted by molar-refractivity contribution is 7.80. The molecule has 0 aliphatic rings. The molecule has 1 aromatic heterocycles. The van der Waals surface area contributed by atoms with Crippen LogP contribution in [0.1, 0.15) is 17.0 Å². The first-order valence-electron chi connectivity index (χ1n) is 5.79. The Balaban J connectivity index is 2.35. The van der Waals surface area contributed by atoms with Crippen LogP contribution < -0.4 is 11.2 Å². The van der Waals surface area contributed by atoms with Gasteiger partial charge < -0.3 is 5.73 Å². The fourth-order valence-electron chi connectivity index (χ4n) is 1.82. The molecular weight excluding hydrogens is 258 g/mol. The van der Waals surface area contributed by atoms with E-state index in [1.807, 2.05) is 48.9 Å². The molecule has 0 fully saturated rings. The number of nitrogens with zero attached hydrogens (tertiary/aromatic N) is 3. The molecule has 19 heavy (non-hydrogen) atoms. The summed E-state index contributed by atoms with van der Waals surface area (Å²) in [7, 11) is 0. The van der Waals surface area contributed by atoms with Gasteiger partial charge in [0.1, 0.15) is 0 Å². The first kappa shape index (κ1) is 13.2. The minimum atomic E-state index is 0.141. The van der Waals surface area contributed by atoms with Crippen LogP contribution in [-0.2, 0) is 0 Å². The number of rotatable bonds is 3. The number of hydrogen-bond donors (Lipinski definition) is 2. The van der Waals surface area contributed by atoms with E-state index in [1.54, 1.807) is 6.21 Å². The Kier molecular flexibility index (Phi) is 3.91. The Bertz CT molecular complexity index is 615. The zero-order valence-corrected chi connectivity index (χ0v) is 11.6. The third kappa shape index (κ3) is 2.97. The van der Waals surface area contributed by atoms with Gasteiger partial charge in [-0.25, -0.2) is 4.68 Å². The van der Waals surface area contributed by atoms with Crippen molar-refractivity contribution in [3.05, 3.63) is 47.3 Å². The van der Waals surface area contributed by atoms with Crippen molar-refractivity contribution in [2.75, 3.05) is 0 Å².